The van der Waals surface area contributed by atoms with Gasteiger partial charge in [-0.3, -0.25) is 9.69 Å². The largest absolute Gasteiger partial charge is 0.497 e. The highest BCUT2D eigenvalue weighted by atomic mass is 16.5. The number of amides is 1. The summed E-state index contributed by atoms with van der Waals surface area (Å²) in [6.45, 7) is 0.895. The van der Waals surface area contributed by atoms with Crippen molar-refractivity contribution < 1.29 is 19.0 Å². The van der Waals surface area contributed by atoms with Crippen LogP contribution in [0, 0.1) is 0 Å². The molecule has 0 spiro atoms. The Hall–Kier alpha value is -3.84. The zero-order valence-corrected chi connectivity index (χ0v) is 20.6. The number of hydrogen-bond acceptors (Lipinski definition) is 6. The van der Waals surface area contributed by atoms with Gasteiger partial charge in [-0.2, -0.15) is 5.10 Å². The first-order valence-electron chi connectivity index (χ1n) is 11.5. The molecule has 3 aromatic rings. The van der Waals surface area contributed by atoms with E-state index in [-0.39, 0.29) is 18.5 Å². The molecule has 7 heteroatoms. The number of hydrazone groups is 1. The average Bonchev–Trinajstić information content (AvgIpc) is 3.34. The highest BCUT2D eigenvalue weighted by Gasteiger charge is 2.35. The van der Waals surface area contributed by atoms with E-state index in [4.69, 9.17) is 19.3 Å². The zero-order valence-electron chi connectivity index (χ0n) is 20.6. The van der Waals surface area contributed by atoms with E-state index in [0.717, 1.165) is 28.2 Å². The van der Waals surface area contributed by atoms with Crippen LogP contribution in [-0.4, -0.2) is 56.4 Å². The fourth-order valence-corrected chi connectivity index (χ4v) is 4.31. The first-order chi connectivity index (χ1) is 17.0. The summed E-state index contributed by atoms with van der Waals surface area (Å²) in [4.78, 5) is 15.6. The van der Waals surface area contributed by atoms with Crippen molar-refractivity contribution in [2.75, 3.05) is 34.9 Å². The Kier molecular flexibility index (Phi) is 7.67. The van der Waals surface area contributed by atoms with E-state index < -0.39 is 0 Å². The third kappa shape index (κ3) is 5.63. The van der Waals surface area contributed by atoms with Gasteiger partial charge in [-0.05, 0) is 42.9 Å². The molecule has 7 nitrogen and oxygen atoms in total. The molecule has 0 N–H and O–H groups in total. The van der Waals surface area contributed by atoms with Crippen LogP contribution in [0.5, 0.6) is 17.2 Å². The summed E-state index contributed by atoms with van der Waals surface area (Å²) in [6, 6.07) is 23.1. The summed E-state index contributed by atoms with van der Waals surface area (Å²) in [6.07, 6.45) is 0.546. The minimum Gasteiger partial charge on any atom is -0.497 e. The Labute approximate surface area is 206 Å². The molecule has 3 aromatic carbocycles. The summed E-state index contributed by atoms with van der Waals surface area (Å²) in [5.74, 6) is 2.04. The Balaban J connectivity index is 1.65. The molecule has 1 amide bonds. The van der Waals surface area contributed by atoms with Gasteiger partial charge in [-0.1, -0.05) is 42.5 Å². The van der Waals surface area contributed by atoms with Crippen LogP contribution in [0.2, 0.25) is 0 Å². The molecule has 0 aliphatic carbocycles. The summed E-state index contributed by atoms with van der Waals surface area (Å²) in [7, 11) is 6.83. The number of carbonyl (C=O) groups is 1. The van der Waals surface area contributed by atoms with Gasteiger partial charge in [0.05, 0.1) is 39.6 Å². The van der Waals surface area contributed by atoms with Crippen LogP contribution < -0.4 is 14.2 Å². The van der Waals surface area contributed by atoms with E-state index in [1.54, 1.807) is 26.3 Å². The molecule has 0 fully saturated rings. The Bertz CT molecular complexity index is 1200. The molecular weight excluding hydrogens is 442 g/mol. The van der Waals surface area contributed by atoms with Gasteiger partial charge in [0.25, 0.3) is 5.91 Å². The zero-order chi connectivity index (χ0) is 24.8. The first kappa shape index (κ1) is 24.3. The van der Waals surface area contributed by atoms with Gasteiger partial charge >= 0.3 is 0 Å². The Morgan fingerprint density at radius 2 is 1.69 bits per heavy atom. The van der Waals surface area contributed by atoms with Crippen LogP contribution in [0.15, 0.2) is 77.9 Å². The molecule has 0 saturated heterocycles. The van der Waals surface area contributed by atoms with E-state index in [9.17, 15) is 4.79 Å². The van der Waals surface area contributed by atoms with Gasteiger partial charge < -0.3 is 14.2 Å². The standard InChI is InChI=1S/C28H31N3O4/c1-30(18-20-9-6-5-7-10-20)19-28(32)31-26(24-16-23(34-3)13-14-27(24)35-4)17-25(29-31)21-11-8-12-22(15-21)33-2/h5-16,26H,17-19H2,1-4H3/t26-/m1/s1. The third-order valence-electron chi connectivity index (χ3n) is 6.07. The van der Waals surface area contributed by atoms with E-state index >= 15 is 0 Å². The van der Waals surface area contributed by atoms with Crippen molar-refractivity contribution in [2.45, 2.75) is 19.0 Å². The molecule has 0 bridgehead atoms. The smallest absolute Gasteiger partial charge is 0.257 e. The second kappa shape index (κ2) is 11.1. The Morgan fingerprint density at radius 3 is 2.40 bits per heavy atom. The lowest BCUT2D eigenvalue weighted by Crippen LogP contribution is -2.36. The summed E-state index contributed by atoms with van der Waals surface area (Å²) in [5.41, 5.74) is 3.74. The molecule has 1 heterocycles. The molecular formula is C28H31N3O4. The van der Waals surface area contributed by atoms with E-state index in [2.05, 4.69) is 12.1 Å². The molecule has 1 atom stereocenters. The van der Waals surface area contributed by atoms with Gasteiger partial charge in [0.15, 0.2) is 0 Å². The molecule has 0 unspecified atom stereocenters. The van der Waals surface area contributed by atoms with Crippen molar-refractivity contribution in [2.24, 2.45) is 5.10 Å². The van der Waals surface area contributed by atoms with Crippen LogP contribution in [-0.2, 0) is 11.3 Å². The lowest BCUT2D eigenvalue weighted by atomic mass is 9.97. The fraction of sp³-hybridized carbons (Fsp3) is 0.286. The quantitative estimate of drug-likeness (QED) is 0.457. The Morgan fingerprint density at radius 1 is 0.943 bits per heavy atom. The molecule has 1 aliphatic rings. The molecule has 0 radical (unpaired) electrons. The van der Waals surface area contributed by atoms with Crippen molar-refractivity contribution >= 4 is 11.6 Å². The monoisotopic (exact) mass is 473 g/mol. The maximum absolute atomic E-state index is 13.6. The average molecular weight is 474 g/mol. The molecule has 4 rings (SSSR count). The van der Waals surface area contributed by atoms with Crippen LogP contribution in [0.25, 0.3) is 0 Å². The molecule has 0 saturated carbocycles. The maximum atomic E-state index is 13.6. The summed E-state index contributed by atoms with van der Waals surface area (Å²) >= 11 is 0. The highest BCUT2D eigenvalue weighted by Crippen LogP contribution is 2.39. The van der Waals surface area contributed by atoms with Gasteiger partial charge in [0.2, 0.25) is 0 Å². The minimum atomic E-state index is -0.320. The summed E-state index contributed by atoms with van der Waals surface area (Å²) in [5, 5.41) is 6.40. The molecule has 35 heavy (non-hydrogen) atoms. The van der Waals surface area contributed by atoms with Crippen molar-refractivity contribution in [3.8, 4) is 17.2 Å². The number of carbonyl (C=O) groups excluding carboxylic acids is 1. The van der Waals surface area contributed by atoms with Crippen LogP contribution in [0.4, 0.5) is 0 Å². The summed E-state index contributed by atoms with van der Waals surface area (Å²) < 4.78 is 16.5. The number of hydrogen-bond donors (Lipinski definition) is 0. The molecule has 182 valence electrons. The number of ether oxygens (including phenoxy) is 3. The van der Waals surface area contributed by atoms with Gasteiger partial charge in [-0.15, -0.1) is 0 Å². The van der Waals surface area contributed by atoms with Crippen LogP contribution in [0.3, 0.4) is 0 Å². The normalized spacial score (nSPS) is 15.2. The number of likely N-dealkylation sites (N-methyl/N-ethyl adjacent to an activating group) is 1. The van der Waals surface area contributed by atoms with Crippen LogP contribution in [0.1, 0.15) is 29.2 Å². The molecule has 1 aliphatic heterocycles. The number of nitrogens with zero attached hydrogens (tertiary/aromatic N) is 3. The topological polar surface area (TPSA) is 63.6 Å². The molecule has 0 aromatic heterocycles. The van der Waals surface area contributed by atoms with Crippen molar-refractivity contribution in [3.05, 3.63) is 89.5 Å². The van der Waals surface area contributed by atoms with E-state index in [0.29, 0.717) is 24.5 Å². The lowest BCUT2D eigenvalue weighted by Gasteiger charge is -2.26. The fourth-order valence-electron chi connectivity index (χ4n) is 4.31. The number of methoxy groups -OCH3 is 3. The maximum Gasteiger partial charge on any atom is 0.257 e. The second-order valence-corrected chi connectivity index (χ2v) is 8.50. The minimum absolute atomic E-state index is 0.0869. The van der Waals surface area contributed by atoms with Gasteiger partial charge in [0, 0.05) is 24.1 Å². The highest BCUT2D eigenvalue weighted by molar-refractivity contribution is 6.03. The van der Waals surface area contributed by atoms with Gasteiger partial charge in [0.1, 0.15) is 17.2 Å². The van der Waals surface area contributed by atoms with Gasteiger partial charge in [-0.25, -0.2) is 5.01 Å². The van der Waals surface area contributed by atoms with Crippen molar-refractivity contribution in [3.63, 3.8) is 0 Å². The third-order valence-corrected chi connectivity index (χ3v) is 6.07. The predicted molar refractivity (Wildman–Crippen MR) is 136 cm³/mol. The number of rotatable bonds is 9. The van der Waals surface area contributed by atoms with Crippen LogP contribution >= 0.6 is 0 Å². The van der Waals surface area contributed by atoms with E-state index in [1.807, 2.05) is 72.6 Å². The number of benzene rings is 3. The second-order valence-electron chi connectivity index (χ2n) is 8.50. The van der Waals surface area contributed by atoms with Crippen molar-refractivity contribution in [1.82, 2.24) is 9.91 Å². The van der Waals surface area contributed by atoms with Crippen molar-refractivity contribution in [1.29, 1.82) is 0 Å². The van der Waals surface area contributed by atoms with E-state index in [1.165, 1.54) is 0 Å². The lowest BCUT2D eigenvalue weighted by molar-refractivity contribution is -0.134. The predicted octanol–water partition coefficient (Wildman–Crippen LogP) is 4.52. The SMILES string of the molecule is COc1cccc(C2=NN(C(=O)CN(C)Cc3ccccc3)[C@@H](c3cc(OC)ccc3OC)C2)c1. The first-order valence-corrected chi connectivity index (χ1v) is 11.5.